The second kappa shape index (κ2) is 7.12. The lowest BCUT2D eigenvalue weighted by atomic mass is 10.1. The molecular formula is C16H22ClNO2S. The molecule has 0 bridgehead atoms. The van der Waals surface area contributed by atoms with Gasteiger partial charge in [-0.3, -0.25) is 0 Å². The van der Waals surface area contributed by atoms with Gasteiger partial charge in [0.25, 0.3) is 0 Å². The maximum Gasteiger partial charge on any atom is 0.179 e. The molecule has 1 aliphatic carbocycles. The van der Waals surface area contributed by atoms with E-state index in [0.717, 1.165) is 23.1 Å². The molecule has 2 unspecified atom stereocenters. The summed E-state index contributed by atoms with van der Waals surface area (Å²) < 4.78 is 11.2. The van der Waals surface area contributed by atoms with E-state index in [1.807, 2.05) is 12.1 Å². The van der Waals surface area contributed by atoms with Gasteiger partial charge in [0.1, 0.15) is 13.2 Å². The summed E-state index contributed by atoms with van der Waals surface area (Å²) in [6.07, 6.45) is 3.94. The predicted molar refractivity (Wildman–Crippen MR) is 88.8 cm³/mol. The predicted octanol–water partition coefficient (Wildman–Crippen LogP) is 3.88. The first-order valence-electron chi connectivity index (χ1n) is 7.71. The van der Waals surface area contributed by atoms with Crippen molar-refractivity contribution < 1.29 is 9.47 Å². The molecule has 1 saturated carbocycles. The molecule has 1 heterocycles. The number of fused-ring (bicyclic) bond motifs is 1. The van der Waals surface area contributed by atoms with E-state index in [1.165, 1.54) is 25.0 Å². The lowest BCUT2D eigenvalue weighted by molar-refractivity contribution is 0.171. The smallest absolute Gasteiger partial charge is 0.179 e. The van der Waals surface area contributed by atoms with Crippen molar-refractivity contribution >= 4 is 23.4 Å². The van der Waals surface area contributed by atoms with E-state index < -0.39 is 0 Å². The van der Waals surface area contributed by atoms with Gasteiger partial charge in [-0.05, 0) is 36.3 Å². The molecular weight excluding hydrogens is 306 g/mol. The van der Waals surface area contributed by atoms with Crippen molar-refractivity contribution in [3.8, 4) is 11.5 Å². The number of thioether (sulfide) groups is 1. The van der Waals surface area contributed by atoms with Crippen LogP contribution in [0.3, 0.4) is 0 Å². The zero-order valence-electron chi connectivity index (χ0n) is 12.4. The summed E-state index contributed by atoms with van der Waals surface area (Å²) in [7, 11) is 0. The van der Waals surface area contributed by atoms with Crippen LogP contribution in [0.2, 0.25) is 5.02 Å². The van der Waals surface area contributed by atoms with Crippen LogP contribution < -0.4 is 14.8 Å². The maximum absolute atomic E-state index is 6.28. The number of rotatable bonds is 5. The summed E-state index contributed by atoms with van der Waals surface area (Å²) in [5, 5.41) is 5.09. The first-order valence-corrected chi connectivity index (χ1v) is 9.13. The highest BCUT2D eigenvalue weighted by Crippen LogP contribution is 2.38. The molecule has 116 valence electrons. The monoisotopic (exact) mass is 327 g/mol. The third-order valence-electron chi connectivity index (χ3n) is 4.06. The molecule has 1 fully saturated rings. The Morgan fingerprint density at radius 2 is 2.14 bits per heavy atom. The Bertz CT molecular complexity index is 497. The molecule has 0 amide bonds. The van der Waals surface area contributed by atoms with Gasteiger partial charge >= 0.3 is 0 Å². The lowest BCUT2D eigenvalue weighted by Gasteiger charge is -2.22. The summed E-state index contributed by atoms with van der Waals surface area (Å²) in [6.45, 7) is 4.24. The van der Waals surface area contributed by atoms with E-state index in [-0.39, 0.29) is 0 Å². The quantitative estimate of drug-likeness (QED) is 0.889. The lowest BCUT2D eigenvalue weighted by Crippen LogP contribution is -2.33. The van der Waals surface area contributed by atoms with Crippen molar-refractivity contribution in [1.29, 1.82) is 0 Å². The molecule has 3 nitrogen and oxygen atoms in total. The van der Waals surface area contributed by atoms with Gasteiger partial charge in [-0.2, -0.15) is 11.8 Å². The standard InChI is InChI=1S/C16H22ClNO2S/c1-2-21-15-5-3-4-13(15)18-10-11-8-12(17)16-14(9-11)19-6-7-20-16/h8-9,13,15,18H,2-7,10H2,1H3. The second-order valence-corrected chi connectivity index (χ2v) is 7.44. The number of ether oxygens (including phenoxy) is 2. The molecule has 0 spiro atoms. The van der Waals surface area contributed by atoms with Gasteiger partial charge in [-0.15, -0.1) is 0 Å². The SMILES string of the molecule is CCSC1CCCC1NCc1cc(Cl)c2c(c1)OCCO2. The molecule has 2 atom stereocenters. The Morgan fingerprint density at radius 3 is 3.00 bits per heavy atom. The zero-order chi connectivity index (χ0) is 14.7. The van der Waals surface area contributed by atoms with Crippen molar-refractivity contribution in [1.82, 2.24) is 5.32 Å². The number of hydrogen-bond acceptors (Lipinski definition) is 4. The minimum atomic E-state index is 0.572. The van der Waals surface area contributed by atoms with Gasteiger partial charge in [0.2, 0.25) is 0 Å². The van der Waals surface area contributed by atoms with Crippen molar-refractivity contribution in [2.75, 3.05) is 19.0 Å². The topological polar surface area (TPSA) is 30.5 Å². The average Bonchev–Trinajstić information content (AvgIpc) is 2.93. The number of nitrogens with one attached hydrogen (secondary N) is 1. The van der Waals surface area contributed by atoms with Crippen LogP contribution in [0.1, 0.15) is 31.7 Å². The molecule has 21 heavy (non-hydrogen) atoms. The first-order chi connectivity index (χ1) is 10.3. The third-order valence-corrected chi connectivity index (χ3v) is 5.66. The summed E-state index contributed by atoms with van der Waals surface area (Å²) in [5.41, 5.74) is 1.16. The highest BCUT2D eigenvalue weighted by atomic mass is 35.5. The molecule has 1 aromatic carbocycles. The van der Waals surface area contributed by atoms with Gasteiger partial charge in [0.15, 0.2) is 11.5 Å². The highest BCUT2D eigenvalue weighted by Gasteiger charge is 2.26. The Balaban J connectivity index is 1.64. The van der Waals surface area contributed by atoms with Crippen LogP contribution >= 0.6 is 23.4 Å². The number of hydrogen-bond donors (Lipinski definition) is 1. The fourth-order valence-corrected chi connectivity index (χ4v) is 4.60. The summed E-state index contributed by atoms with van der Waals surface area (Å²) >= 11 is 8.36. The Kier molecular flexibility index (Phi) is 5.19. The Hall–Kier alpha value is -0.580. The van der Waals surface area contributed by atoms with Crippen LogP contribution in [0.4, 0.5) is 0 Å². The molecule has 1 aromatic rings. The number of benzene rings is 1. The van der Waals surface area contributed by atoms with Crippen molar-refractivity contribution in [3.05, 3.63) is 22.7 Å². The van der Waals surface area contributed by atoms with E-state index in [4.69, 9.17) is 21.1 Å². The van der Waals surface area contributed by atoms with Gasteiger partial charge in [-0.25, -0.2) is 0 Å². The maximum atomic E-state index is 6.28. The largest absolute Gasteiger partial charge is 0.486 e. The van der Waals surface area contributed by atoms with Crippen molar-refractivity contribution in [2.24, 2.45) is 0 Å². The van der Waals surface area contributed by atoms with E-state index in [9.17, 15) is 0 Å². The molecule has 2 aliphatic rings. The Labute approximate surface area is 135 Å². The molecule has 1 N–H and O–H groups in total. The van der Waals surface area contributed by atoms with Gasteiger partial charge in [0, 0.05) is 17.8 Å². The normalized spacial score (nSPS) is 24.3. The minimum Gasteiger partial charge on any atom is -0.486 e. The molecule has 0 saturated heterocycles. The van der Waals surface area contributed by atoms with Gasteiger partial charge < -0.3 is 14.8 Å². The number of halogens is 1. The molecule has 5 heteroatoms. The third kappa shape index (κ3) is 3.61. The van der Waals surface area contributed by atoms with E-state index in [0.29, 0.717) is 30.0 Å². The van der Waals surface area contributed by atoms with E-state index in [1.54, 1.807) is 0 Å². The second-order valence-electron chi connectivity index (χ2n) is 5.51. The Morgan fingerprint density at radius 1 is 1.29 bits per heavy atom. The van der Waals surface area contributed by atoms with Gasteiger partial charge in [0.05, 0.1) is 5.02 Å². The minimum absolute atomic E-state index is 0.572. The zero-order valence-corrected chi connectivity index (χ0v) is 13.9. The van der Waals surface area contributed by atoms with E-state index in [2.05, 4.69) is 24.0 Å². The fourth-order valence-electron chi connectivity index (χ4n) is 3.09. The molecule has 0 radical (unpaired) electrons. The first kappa shape index (κ1) is 15.3. The van der Waals surface area contributed by atoms with E-state index >= 15 is 0 Å². The average molecular weight is 328 g/mol. The molecule has 3 rings (SSSR count). The van der Waals surface area contributed by atoms with Crippen molar-refractivity contribution in [3.63, 3.8) is 0 Å². The summed E-state index contributed by atoms with van der Waals surface area (Å²) in [4.78, 5) is 0. The highest BCUT2D eigenvalue weighted by molar-refractivity contribution is 7.99. The molecule has 0 aromatic heterocycles. The van der Waals surface area contributed by atoms with Crippen LogP contribution in [0.25, 0.3) is 0 Å². The summed E-state index contributed by atoms with van der Waals surface area (Å²) in [6, 6.07) is 4.64. The van der Waals surface area contributed by atoms with Crippen molar-refractivity contribution in [2.45, 2.75) is 44.0 Å². The van der Waals surface area contributed by atoms with Crippen LogP contribution in [0.15, 0.2) is 12.1 Å². The molecule has 1 aliphatic heterocycles. The van der Waals surface area contributed by atoms with Crippen LogP contribution in [0, 0.1) is 0 Å². The summed E-state index contributed by atoms with van der Waals surface area (Å²) in [5.74, 6) is 2.65. The van der Waals surface area contributed by atoms with Gasteiger partial charge in [-0.1, -0.05) is 24.9 Å². The fraction of sp³-hybridized carbons (Fsp3) is 0.625. The van der Waals surface area contributed by atoms with Crippen LogP contribution in [-0.4, -0.2) is 30.3 Å². The van der Waals surface area contributed by atoms with Crippen LogP contribution in [-0.2, 0) is 6.54 Å². The van der Waals surface area contributed by atoms with Crippen LogP contribution in [0.5, 0.6) is 11.5 Å².